The molecule has 27 heavy (non-hydrogen) atoms. The maximum absolute atomic E-state index is 13.3. The van der Waals surface area contributed by atoms with Crippen molar-refractivity contribution in [1.82, 2.24) is 0 Å². The van der Waals surface area contributed by atoms with Crippen LogP contribution in [-0.2, 0) is 14.3 Å². The van der Waals surface area contributed by atoms with Gasteiger partial charge in [0.05, 0.1) is 42.9 Å². The number of ether oxygens (including phenoxy) is 2. The topological polar surface area (TPSA) is 109 Å². The van der Waals surface area contributed by atoms with Crippen molar-refractivity contribution in [2.45, 2.75) is 62.4 Å². The summed E-state index contributed by atoms with van der Waals surface area (Å²) in [6.07, 6.45) is 4.02. The predicted molar refractivity (Wildman–Crippen MR) is 91.4 cm³/mol. The molecule has 0 amide bonds. The first-order chi connectivity index (χ1) is 12.9. The number of aliphatic hydroxyl groups is 3. The minimum Gasteiger partial charge on any atom is -0.472 e. The summed E-state index contributed by atoms with van der Waals surface area (Å²) in [5, 5.41) is 33.4. The van der Waals surface area contributed by atoms with Crippen LogP contribution in [0.25, 0.3) is 0 Å². The van der Waals surface area contributed by atoms with Crippen molar-refractivity contribution in [2.24, 2.45) is 16.7 Å². The van der Waals surface area contributed by atoms with Crippen molar-refractivity contribution in [3.05, 3.63) is 24.2 Å². The van der Waals surface area contributed by atoms with E-state index in [0.717, 1.165) is 5.56 Å². The summed E-state index contributed by atoms with van der Waals surface area (Å²) in [6, 6.07) is 1.77. The summed E-state index contributed by atoms with van der Waals surface area (Å²) >= 11 is 0. The van der Waals surface area contributed by atoms with E-state index in [0.29, 0.717) is 32.1 Å². The number of carbonyl (C=O) groups is 1. The van der Waals surface area contributed by atoms with Gasteiger partial charge in [-0.25, -0.2) is 0 Å². The molecule has 2 saturated carbocycles. The second-order valence-corrected chi connectivity index (χ2v) is 8.90. The van der Waals surface area contributed by atoms with Crippen LogP contribution >= 0.6 is 0 Å². The van der Waals surface area contributed by atoms with Gasteiger partial charge in [-0.15, -0.1) is 0 Å². The number of furan rings is 1. The number of fused-ring (bicyclic) bond motifs is 1. The van der Waals surface area contributed by atoms with Gasteiger partial charge in [-0.3, -0.25) is 4.79 Å². The molecule has 7 nitrogen and oxygen atoms in total. The Morgan fingerprint density at radius 1 is 1.33 bits per heavy atom. The molecule has 0 aromatic carbocycles. The van der Waals surface area contributed by atoms with E-state index in [1.807, 2.05) is 6.92 Å². The third-order valence-electron chi connectivity index (χ3n) is 8.26. The van der Waals surface area contributed by atoms with E-state index in [9.17, 15) is 20.1 Å². The summed E-state index contributed by atoms with van der Waals surface area (Å²) in [5.41, 5.74) is -3.92. The van der Waals surface area contributed by atoms with E-state index in [4.69, 9.17) is 13.9 Å². The van der Waals surface area contributed by atoms with Gasteiger partial charge >= 0.3 is 5.97 Å². The van der Waals surface area contributed by atoms with Gasteiger partial charge in [0.2, 0.25) is 0 Å². The molecule has 148 valence electrons. The highest BCUT2D eigenvalue weighted by molar-refractivity contribution is 5.82. The van der Waals surface area contributed by atoms with Gasteiger partial charge < -0.3 is 29.2 Å². The Bertz CT molecular complexity index is 758. The Balaban J connectivity index is 1.65. The summed E-state index contributed by atoms with van der Waals surface area (Å²) in [6.45, 7) is 1.77. The lowest BCUT2D eigenvalue weighted by Gasteiger charge is -2.74. The van der Waals surface area contributed by atoms with Crippen LogP contribution in [0.15, 0.2) is 23.0 Å². The SMILES string of the molecule is C[C@@H]1C[C@H](O)[C@@]23CO[C@]2(CO)CCC[C@]3(O)[C@@]12C[C@@H](c1ccoc1)OC2=O. The molecule has 4 aliphatic rings. The van der Waals surface area contributed by atoms with Gasteiger partial charge in [-0.1, -0.05) is 6.92 Å². The lowest BCUT2D eigenvalue weighted by atomic mass is 9.37. The van der Waals surface area contributed by atoms with E-state index < -0.39 is 40.2 Å². The van der Waals surface area contributed by atoms with Crippen LogP contribution < -0.4 is 0 Å². The van der Waals surface area contributed by atoms with Crippen molar-refractivity contribution < 1.29 is 34.0 Å². The van der Waals surface area contributed by atoms with Gasteiger partial charge in [0.15, 0.2) is 0 Å². The molecular formula is C20H26O7. The Kier molecular flexibility index (Phi) is 3.50. The lowest BCUT2D eigenvalue weighted by molar-refractivity contribution is -0.418. The van der Waals surface area contributed by atoms with Crippen molar-refractivity contribution >= 4 is 5.97 Å². The molecule has 1 aromatic rings. The molecule has 3 N–H and O–H groups in total. The van der Waals surface area contributed by atoms with Crippen LogP contribution in [-0.4, -0.2) is 51.8 Å². The quantitative estimate of drug-likeness (QED) is 0.666. The average Bonchev–Trinajstić information content (AvgIpc) is 3.24. The standard InChI is InChI=1S/C20H26O7/c1-12-7-15(22)19-11-26-17(19,10-21)4-2-5-20(19,24)18(12)8-14(27-16(18)23)13-3-6-25-9-13/h3,6,9,12,14-15,21-22,24H,2,4-5,7-8,10-11H2,1H3/t12-,14+,15+,17+,18+,19+,20+/m1/s1. The second-order valence-electron chi connectivity index (χ2n) is 8.90. The molecule has 2 spiro atoms. The average molecular weight is 378 g/mol. The second kappa shape index (κ2) is 5.35. The fraction of sp³-hybridized carbons (Fsp3) is 0.750. The highest BCUT2D eigenvalue weighted by atomic mass is 16.6. The zero-order chi connectivity index (χ0) is 19.1. The monoisotopic (exact) mass is 378 g/mol. The molecule has 5 rings (SSSR count). The summed E-state index contributed by atoms with van der Waals surface area (Å²) in [4.78, 5) is 13.3. The first kappa shape index (κ1) is 17.7. The summed E-state index contributed by atoms with van der Waals surface area (Å²) < 4.78 is 16.7. The minimum atomic E-state index is -1.49. The van der Waals surface area contributed by atoms with E-state index in [1.54, 1.807) is 12.3 Å². The largest absolute Gasteiger partial charge is 0.472 e. The maximum Gasteiger partial charge on any atom is 0.316 e. The Morgan fingerprint density at radius 3 is 2.78 bits per heavy atom. The Morgan fingerprint density at radius 2 is 2.15 bits per heavy atom. The highest BCUT2D eigenvalue weighted by Gasteiger charge is 2.84. The number of hydrogen-bond donors (Lipinski definition) is 3. The molecule has 2 saturated heterocycles. The number of esters is 1. The van der Waals surface area contributed by atoms with Crippen molar-refractivity contribution in [3.8, 4) is 0 Å². The van der Waals surface area contributed by atoms with Crippen molar-refractivity contribution in [3.63, 3.8) is 0 Å². The van der Waals surface area contributed by atoms with E-state index in [1.165, 1.54) is 6.26 Å². The van der Waals surface area contributed by atoms with Crippen LogP contribution in [0.4, 0.5) is 0 Å². The van der Waals surface area contributed by atoms with Crippen molar-refractivity contribution in [1.29, 1.82) is 0 Å². The molecule has 2 aliphatic heterocycles. The van der Waals surface area contributed by atoms with E-state index in [-0.39, 0.29) is 19.1 Å². The molecular weight excluding hydrogens is 352 g/mol. The number of cyclic esters (lactones) is 1. The highest BCUT2D eigenvalue weighted by Crippen LogP contribution is 2.73. The van der Waals surface area contributed by atoms with Gasteiger partial charge in [0.1, 0.15) is 17.1 Å². The zero-order valence-electron chi connectivity index (χ0n) is 15.4. The summed E-state index contributed by atoms with van der Waals surface area (Å²) in [5.74, 6) is -0.682. The van der Waals surface area contributed by atoms with Crippen LogP contribution in [0.3, 0.4) is 0 Å². The van der Waals surface area contributed by atoms with Gasteiger partial charge in [-0.2, -0.15) is 0 Å². The fourth-order valence-corrected chi connectivity index (χ4v) is 6.82. The van der Waals surface area contributed by atoms with Crippen molar-refractivity contribution in [2.75, 3.05) is 13.2 Å². The molecule has 7 atom stereocenters. The molecule has 4 fully saturated rings. The molecule has 2 aliphatic carbocycles. The molecule has 1 aromatic heterocycles. The number of aliphatic hydroxyl groups excluding tert-OH is 2. The fourth-order valence-electron chi connectivity index (χ4n) is 6.82. The van der Waals surface area contributed by atoms with Gasteiger partial charge in [0, 0.05) is 12.0 Å². The maximum atomic E-state index is 13.3. The molecule has 0 bridgehead atoms. The normalized spacial score (nSPS) is 51.4. The zero-order valence-corrected chi connectivity index (χ0v) is 15.4. The van der Waals surface area contributed by atoms with Gasteiger partial charge in [0.25, 0.3) is 0 Å². The number of rotatable bonds is 2. The van der Waals surface area contributed by atoms with Crippen LogP contribution in [0, 0.1) is 16.7 Å². The smallest absolute Gasteiger partial charge is 0.316 e. The molecule has 0 radical (unpaired) electrons. The van der Waals surface area contributed by atoms with Crippen LogP contribution in [0.2, 0.25) is 0 Å². The van der Waals surface area contributed by atoms with E-state index >= 15 is 0 Å². The number of hydrogen-bond acceptors (Lipinski definition) is 7. The van der Waals surface area contributed by atoms with Gasteiger partial charge in [-0.05, 0) is 37.7 Å². The first-order valence-corrected chi connectivity index (χ1v) is 9.75. The van der Waals surface area contributed by atoms with E-state index in [2.05, 4.69) is 0 Å². The first-order valence-electron chi connectivity index (χ1n) is 9.75. The van der Waals surface area contributed by atoms with Crippen LogP contribution in [0.1, 0.15) is 50.7 Å². The minimum absolute atomic E-state index is 0.142. The number of carbonyl (C=O) groups excluding carboxylic acids is 1. The third kappa shape index (κ3) is 1.71. The Labute approximate surface area is 157 Å². The Hall–Kier alpha value is -1.41. The third-order valence-corrected chi connectivity index (χ3v) is 8.26. The molecule has 3 heterocycles. The molecule has 7 heteroatoms. The lowest BCUT2D eigenvalue weighted by Crippen LogP contribution is -2.86. The van der Waals surface area contributed by atoms with Crippen LogP contribution in [0.5, 0.6) is 0 Å². The summed E-state index contributed by atoms with van der Waals surface area (Å²) in [7, 11) is 0. The predicted octanol–water partition coefficient (Wildman–Crippen LogP) is 1.32. The molecule has 0 unspecified atom stereocenters.